The van der Waals surface area contributed by atoms with Crippen molar-refractivity contribution in [2.45, 2.75) is 99.0 Å². The van der Waals surface area contributed by atoms with Gasteiger partial charge in [-0.3, -0.25) is 4.79 Å². The molecule has 0 aliphatic heterocycles. The molecule has 174 valence electrons. The van der Waals surface area contributed by atoms with E-state index in [1.54, 1.807) is 0 Å². The first-order valence-corrected chi connectivity index (χ1v) is 13.2. The van der Waals surface area contributed by atoms with Crippen molar-refractivity contribution in [3.63, 3.8) is 0 Å². The molecule has 0 aromatic rings. The molecule has 3 fully saturated rings. The number of aliphatic hydroxyl groups is 1. The lowest BCUT2D eigenvalue weighted by Gasteiger charge is -2.59. The molecule has 2 nitrogen and oxygen atoms in total. The number of aliphatic hydroxyl groups excluding tert-OH is 1. The van der Waals surface area contributed by atoms with E-state index < -0.39 is 6.10 Å². The van der Waals surface area contributed by atoms with Crippen LogP contribution in [-0.4, -0.2) is 17.0 Å². The average molecular weight is 427 g/mol. The Balaban J connectivity index is 1.55. The molecule has 4 aliphatic carbocycles. The van der Waals surface area contributed by atoms with Gasteiger partial charge in [0.25, 0.3) is 0 Å². The van der Waals surface area contributed by atoms with E-state index in [9.17, 15) is 9.90 Å². The van der Waals surface area contributed by atoms with Crippen molar-refractivity contribution in [1.82, 2.24) is 0 Å². The Labute approximate surface area is 191 Å². The van der Waals surface area contributed by atoms with Crippen molar-refractivity contribution in [3.8, 4) is 0 Å². The normalized spacial score (nSPS) is 44.6. The lowest BCUT2D eigenvalue weighted by molar-refractivity contribution is -0.127. The first-order valence-electron chi connectivity index (χ1n) is 13.2. The summed E-state index contributed by atoms with van der Waals surface area (Å²) in [6.45, 7) is 14.4. The quantitative estimate of drug-likeness (QED) is 0.481. The van der Waals surface area contributed by atoms with Gasteiger partial charge in [-0.05, 0) is 97.9 Å². The molecule has 1 unspecified atom stereocenters. The maximum Gasteiger partial charge on any atom is 0.158 e. The third kappa shape index (κ3) is 3.69. The summed E-state index contributed by atoms with van der Waals surface area (Å²) in [6.07, 6.45) is 15.5. The molecule has 0 aromatic heterocycles. The highest BCUT2D eigenvalue weighted by Gasteiger charge is 2.61. The molecule has 31 heavy (non-hydrogen) atoms. The van der Waals surface area contributed by atoms with Gasteiger partial charge in [-0.15, -0.1) is 0 Å². The van der Waals surface area contributed by atoms with Crippen molar-refractivity contribution in [2.75, 3.05) is 0 Å². The third-order valence-corrected chi connectivity index (χ3v) is 10.8. The SMILES string of the molecule is CC[C@H](C=C[C@@H](C)[C@H]1CC[C@H]2[C@@H]3CCC4=CC(=O)CC(O)[C@]4(C)[C@H]3CC[C@]12C)C(C)C. The Bertz CT molecular complexity index is 748. The van der Waals surface area contributed by atoms with Gasteiger partial charge in [-0.2, -0.15) is 0 Å². The van der Waals surface area contributed by atoms with Crippen LogP contribution in [0.25, 0.3) is 0 Å². The van der Waals surface area contributed by atoms with E-state index in [1.807, 2.05) is 6.08 Å². The minimum absolute atomic E-state index is 0.132. The van der Waals surface area contributed by atoms with Crippen LogP contribution in [0.4, 0.5) is 0 Å². The minimum Gasteiger partial charge on any atom is -0.392 e. The maximum absolute atomic E-state index is 12.1. The van der Waals surface area contributed by atoms with Crippen LogP contribution in [-0.2, 0) is 4.79 Å². The van der Waals surface area contributed by atoms with E-state index >= 15 is 0 Å². The van der Waals surface area contributed by atoms with Gasteiger partial charge in [0.15, 0.2) is 5.78 Å². The molecule has 0 saturated heterocycles. The summed E-state index contributed by atoms with van der Waals surface area (Å²) in [4.78, 5) is 12.1. The Kier molecular flexibility index (Phi) is 6.36. The van der Waals surface area contributed by atoms with Gasteiger partial charge in [0, 0.05) is 11.8 Å². The van der Waals surface area contributed by atoms with Gasteiger partial charge < -0.3 is 5.11 Å². The third-order valence-electron chi connectivity index (χ3n) is 10.8. The Morgan fingerprint density at radius 2 is 1.84 bits per heavy atom. The van der Waals surface area contributed by atoms with Crippen molar-refractivity contribution >= 4 is 5.78 Å². The lowest BCUT2D eigenvalue weighted by atomic mass is 9.46. The van der Waals surface area contributed by atoms with Gasteiger partial charge in [0.1, 0.15) is 0 Å². The number of ketones is 1. The summed E-state index contributed by atoms with van der Waals surface area (Å²) < 4.78 is 0. The summed E-state index contributed by atoms with van der Waals surface area (Å²) in [6, 6.07) is 0. The molecule has 4 aliphatic rings. The fourth-order valence-electron chi connectivity index (χ4n) is 8.79. The van der Waals surface area contributed by atoms with Crippen LogP contribution in [0.3, 0.4) is 0 Å². The Morgan fingerprint density at radius 3 is 2.52 bits per heavy atom. The summed E-state index contributed by atoms with van der Waals surface area (Å²) >= 11 is 0. The second kappa shape index (κ2) is 8.47. The molecule has 0 spiro atoms. The number of hydrogen-bond acceptors (Lipinski definition) is 2. The van der Waals surface area contributed by atoms with Crippen LogP contribution >= 0.6 is 0 Å². The highest BCUT2D eigenvalue weighted by atomic mass is 16.3. The predicted octanol–water partition coefficient (Wildman–Crippen LogP) is 6.98. The van der Waals surface area contributed by atoms with Crippen LogP contribution < -0.4 is 0 Å². The average Bonchev–Trinajstić information content (AvgIpc) is 3.06. The van der Waals surface area contributed by atoms with Crippen LogP contribution in [0.2, 0.25) is 0 Å². The lowest BCUT2D eigenvalue weighted by Crippen LogP contribution is -2.55. The molecule has 0 heterocycles. The topological polar surface area (TPSA) is 37.3 Å². The molecule has 2 heteroatoms. The maximum atomic E-state index is 12.1. The molecule has 1 N–H and O–H groups in total. The highest BCUT2D eigenvalue weighted by Crippen LogP contribution is 2.67. The monoisotopic (exact) mass is 426 g/mol. The first-order chi connectivity index (χ1) is 14.6. The van der Waals surface area contributed by atoms with Gasteiger partial charge >= 0.3 is 0 Å². The number of hydrogen-bond donors (Lipinski definition) is 1. The van der Waals surface area contributed by atoms with Crippen LogP contribution in [0.1, 0.15) is 92.9 Å². The number of rotatable bonds is 5. The van der Waals surface area contributed by atoms with Gasteiger partial charge in [0.05, 0.1) is 6.10 Å². The van der Waals surface area contributed by atoms with Crippen molar-refractivity contribution in [2.24, 2.45) is 52.3 Å². The zero-order valence-corrected chi connectivity index (χ0v) is 20.9. The Hall–Kier alpha value is -0.890. The number of allylic oxidation sites excluding steroid dienone is 2. The molecule has 4 rings (SSSR count). The molecule has 0 amide bonds. The summed E-state index contributed by atoms with van der Waals surface area (Å²) in [7, 11) is 0. The predicted molar refractivity (Wildman–Crippen MR) is 129 cm³/mol. The van der Waals surface area contributed by atoms with Gasteiger partial charge in [-0.25, -0.2) is 0 Å². The molecular formula is C29H46O2. The number of carbonyl (C=O) groups is 1. The summed E-state index contributed by atoms with van der Waals surface area (Å²) in [5, 5.41) is 11.0. The summed E-state index contributed by atoms with van der Waals surface area (Å²) in [5.74, 6) is 5.01. The standard InChI is InChI=1S/C29H46O2/c1-7-20(18(2)3)9-8-19(4)24-12-13-25-23-11-10-21-16-22(30)17-27(31)29(21,6)26(23)14-15-28(24,25)5/h8-9,16,18-20,23-27,31H,7,10-15,17H2,1-6H3/t19-,20-,23+,24-,25+,26+,27?,28-,29+/m1/s1. The van der Waals surface area contributed by atoms with Crippen LogP contribution in [0, 0.1) is 52.3 Å². The van der Waals surface area contributed by atoms with E-state index in [2.05, 4.69) is 53.7 Å². The van der Waals surface area contributed by atoms with E-state index in [0.29, 0.717) is 35.5 Å². The van der Waals surface area contributed by atoms with E-state index in [-0.39, 0.29) is 11.2 Å². The highest BCUT2D eigenvalue weighted by molar-refractivity contribution is 5.92. The van der Waals surface area contributed by atoms with E-state index in [1.165, 1.54) is 44.1 Å². The summed E-state index contributed by atoms with van der Waals surface area (Å²) in [5.41, 5.74) is 1.51. The van der Waals surface area contributed by atoms with Gasteiger partial charge in [-0.1, -0.05) is 59.3 Å². The Morgan fingerprint density at radius 1 is 1.10 bits per heavy atom. The van der Waals surface area contributed by atoms with Crippen molar-refractivity contribution < 1.29 is 9.90 Å². The molecular weight excluding hydrogens is 380 g/mol. The second-order valence-electron chi connectivity index (χ2n) is 12.3. The molecule has 0 bridgehead atoms. The largest absolute Gasteiger partial charge is 0.392 e. The van der Waals surface area contributed by atoms with Crippen LogP contribution in [0.15, 0.2) is 23.8 Å². The molecule has 9 atom stereocenters. The van der Waals surface area contributed by atoms with Crippen molar-refractivity contribution in [3.05, 3.63) is 23.8 Å². The smallest absolute Gasteiger partial charge is 0.158 e. The minimum atomic E-state index is -0.488. The van der Waals surface area contributed by atoms with Gasteiger partial charge in [0.2, 0.25) is 0 Å². The second-order valence-corrected chi connectivity index (χ2v) is 12.3. The molecule has 3 saturated carbocycles. The zero-order valence-electron chi connectivity index (χ0n) is 20.9. The molecule has 0 radical (unpaired) electrons. The first kappa shape index (κ1) is 23.3. The number of carbonyl (C=O) groups excluding carboxylic acids is 1. The zero-order chi connectivity index (χ0) is 22.6. The molecule has 0 aromatic carbocycles. The van der Waals surface area contributed by atoms with E-state index in [4.69, 9.17) is 0 Å². The number of fused-ring (bicyclic) bond motifs is 5. The fraction of sp³-hybridized carbons (Fsp3) is 0.828. The fourth-order valence-corrected chi connectivity index (χ4v) is 8.79. The van der Waals surface area contributed by atoms with Crippen molar-refractivity contribution in [1.29, 1.82) is 0 Å². The van der Waals surface area contributed by atoms with Crippen LogP contribution in [0.5, 0.6) is 0 Å². The van der Waals surface area contributed by atoms with E-state index in [0.717, 1.165) is 24.2 Å².